The fourth-order valence-corrected chi connectivity index (χ4v) is 3.19. The summed E-state index contributed by atoms with van der Waals surface area (Å²) in [7, 11) is 0. The van der Waals surface area contributed by atoms with Crippen molar-refractivity contribution >= 4 is 36.4 Å². The lowest BCUT2D eigenvalue weighted by molar-refractivity contribution is -0.123. The second-order valence-electron chi connectivity index (χ2n) is 5.98. The molecule has 0 aromatic heterocycles. The lowest BCUT2D eigenvalue weighted by atomic mass is 10.0. The van der Waals surface area contributed by atoms with Crippen LogP contribution in [0.5, 0.6) is 0 Å². The summed E-state index contributed by atoms with van der Waals surface area (Å²) in [6.45, 7) is 2.40. The third-order valence-corrected chi connectivity index (χ3v) is 4.31. The number of nitrogens with one attached hydrogen (secondary N) is 2. The van der Waals surface area contributed by atoms with Gasteiger partial charge in [0.15, 0.2) is 0 Å². The molecule has 0 radical (unpaired) electrons. The van der Waals surface area contributed by atoms with Gasteiger partial charge in [-0.1, -0.05) is 18.2 Å². The van der Waals surface area contributed by atoms with Crippen LogP contribution in [0.1, 0.15) is 19.3 Å². The molecule has 0 spiro atoms. The highest BCUT2D eigenvalue weighted by molar-refractivity contribution is 5.85. The van der Waals surface area contributed by atoms with Crippen LogP contribution in [0.4, 0.5) is 5.69 Å². The van der Waals surface area contributed by atoms with Crippen LogP contribution in [0, 0.1) is 0 Å². The average Bonchev–Trinajstić information content (AvgIpc) is 2.95. The first kappa shape index (κ1) is 20.0. The first-order valence-corrected chi connectivity index (χ1v) is 7.74. The standard InChI is InChI=1S/C16H23N3O2.2ClH/c20-14-9-15(17-10-14)16(21)18-12-5-4-8-19(11-12)13-6-2-1-3-7-13;;/h1-3,6-7,12,14-15,17,20H,4-5,8-11H2,(H,18,21);2*1H. The number of carbonyl (C=O) groups is 1. The first-order chi connectivity index (χ1) is 10.2. The van der Waals surface area contributed by atoms with E-state index >= 15 is 0 Å². The van der Waals surface area contributed by atoms with Crippen molar-refractivity contribution < 1.29 is 9.90 Å². The number of rotatable bonds is 3. The number of hydrogen-bond donors (Lipinski definition) is 3. The van der Waals surface area contributed by atoms with E-state index in [4.69, 9.17) is 0 Å². The molecule has 1 amide bonds. The number of aliphatic hydroxyl groups excluding tert-OH is 1. The van der Waals surface area contributed by atoms with Crippen LogP contribution in [0.2, 0.25) is 0 Å². The van der Waals surface area contributed by atoms with Crippen LogP contribution in [0.3, 0.4) is 0 Å². The molecule has 23 heavy (non-hydrogen) atoms. The monoisotopic (exact) mass is 361 g/mol. The van der Waals surface area contributed by atoms with E-state index in [0.29, 0.717) is 13.0 Å². The minimum Gasteiger partial charge on any atom is -0.392 e. The Kier molecular flexibility index (Phi) is 8.12. The maximum Gasteiger partial charge on any atom is 0.237 e. The summed E-state index contributed by atoms with van der Waals surface area (Å²) in [5.41, 5.74) is 1.21. The lowest BCUT2D eigenvalue weighted by Crippen LogP contribution is -2.51. The molecule has 2 fully saturated rings. The Morgan fingerprint density at radius 2 is 2.00 bits per heavy atom. The van der Waals surface area contributed by atoms with Crippen molar-refractivity contribution in [2.45, 2.75) is 37.5 Å². The van der Waals surface area contributed by atoms with Crippen LogP contribution >= 0.6 is 24.8 Å². The Balaban J connectivity index is 0.00000132. The Hall–Kier alpha value is -1.01. The summed E-state index contributed by atoms with van der Waals surface area (Å²) in [5, 5.41) is 15.7. The molecule has 1 aromatic rings. The zero-order valence-corrected chi connectivity index (χ0v) is 14.6. The largest absolute Gasteiger partial charge is 0.392 e. The van der Waals surface area contributed by atoms with Crippen LogP contribution < -0.4 is 15.5 Å². The SMILES string of the molecule is Cl.Cl.O=C(NC1CCCN(c2ccccc2)C1)C1CC(O)CN1. The molecule has 3 unspecified atom stereocenters. The fraction of sp³-hybridized carbons (Fsp3) is 0.562. The Bertz CT molecular complexity index is 489. The van der Waals surface area contributed by atoms with E-state index in [1.807, 2.05) is 18.2 Å². The van der Waals surface area contributed by atoms with Crippen molar-refractivity contribution in [3.8, 4) is 0 Å². The second kappa shape index (κ2) is 9.33. The molecule has 130 valence electrons. The van der Waals surface area contributed by atoms with Crippen molar-refractivity contribution in [1.29, 1.82) is 0 Å². The van der Waals surface area contributed by atoms with E-state index in [9.17, 15) is 9.90 Å². The summed E-state index contributed by atoms with van der Waals surface area (Å²) >= 11 is 0. The predicted molar refractivity (Wildman–Crippen MR) is 96.7 cm³/mol. The number of piperidine rings is 1. The van der Waals surface area contributed by atoms with Gasteiger partial charge >= 0.3 is 0 Å². The van der Waals surface area contributed by atoms with Crippen molar-refractivity contribution in [2.24, 2.45) is 0 Å². The second-order valence-corrected chi connectivity index (χ2v) is 5.98. The Morgan fingerprint density at radius 3 is 2.65 bits per heavy atom. The smallest absolute Gasteiger partial charge is 0.237 e. The van der Waals surface area contributed by atoms with Crippen molar-refractivity contribution in [3.63, 3.8) is 0 Å². The van der Waals surface area contributed by atoms with E-state index in [1.54, 1.807) is 0 Å². The van der Waals surface area contributed by atoms with E-state index in [1.165, 1.54) is 5.69 Å². The van der Waals surface area contributed by atoms with Gasteiger partial charge in [-0.15, -0.1) is 24.8 Å². The summed E-state index contributed by atoms with van der Waals surface area (Å²) in [6, 6.07) is 10.3. The van der Waals surface area contributed by atoms with Crippen molar-refractivity contribution in [2.75, 3.05) is 24.5 Å². The summed E-state index contributed by atoms with van der Waals surface area (Å²) < 4.78 is 0. The maximum atomic E-state index is 12.2. The molecule has 7 heteroatoms. The maximum absolute atomic E-state index is 12.2. The van der Waals surface area contributed by atoms with Gasteiger partial charge in [-0.05, 0) is 31.4 Å². The van der Waals surface area contributed by atoms with E-state index in [0.717, 1.165) is 25.9 Å². The van der Waals surface area contributed by atoms with Gasteiger partial charge in [0, 0.05) is 31.4 Å². The lowest BCUT2D eigenvalue weighted by Gasteiger charge is -2.35. The van der Waals surface area contributed by atoms with Gasteiger partial charge in [0.2, 0.25) is 5.91 Å². The molecule has 3 atom stereocenters. The van der Waals surface area contributed by atoms with Gasteiger partial charge in [0.05, 0.1) is 12.1 Å². The molecule has 5 nitrogen and oxygen atoms in total. The normalized spacial score (nSPS) is 26.8. The quantitative estimate of drug-likeness (QED) is 0.759. The van der Waals surface area contributed by atoms with Gasteiger partial charge in [-0.25, -0.2) is 0 Å². The molecule has 2 heterocycles. The van der Waals surface area contributed by atoms with E-state index in [2.05, 4.69) is 27.7 Å². The van der Waals surface area contributed by atoms with Crippen molar-refractivity contribution in [3.05, 3.63) is 30.3 Å². The van der Waals surface area contributed by atoms with E-state index < -0.39 is 6.10 Å². The number of aliphatic hydroxyl groups is 1. The third kappa shape index (κ3) is 5.24. The molecule has 2 aliphatic heterocycles. The molecule has 1 aromatic carbocycles. The molecule has 2 aliphatic rings. The number of amides is 1. The Labute approximate surface area is 149 Å². The van der Waals surface area contributed by atoms with Gasteiger partial charge in [0.1, 0.15) is 0 Å². The number of carbonyl (C=O) groups excluding carboxylic acids is 1. The van der Waals surface area contributed by atoms with Crippen LogP contribution in [-0.4, -0.2) is 48.8 Å². The Morgan fingerprint density at radius 1 is 1.26 bits per heavy atom. The molecular weight excluding hydrogens is 337 g/mol. The number of halogens is 2. The van der Waals surface area contributed by atoms with Gasteiger partial charge in [0.25, 0.3) is 0 Å². The zero-order valence-electron chi connectivity index (χ0n) is 13.0. The first-order valence-electron chi connectivity index (χ1n) is 7.74. The number of benzene rings is 1. The van der Waals surface area contributed by atoms with Gasteiger partial charge in [-0.2, -0.15) is 0 Å². The van der Waals surface area contributed by atoms with Crippen molar-refractivity contribution in [1.82, 2.24) is 10.6 Å². The van der Waals surface area contributed by atoms with Crippen LogP contribution in [-0.2, 0) is 4.79 Å². The summed E-state index contributed by atoms with van der Waals surface area (Å²) in [4.78, 5) is 14.5. The topological polar surface area (TPSA) is 64.6 Å². The predicted octanol–water partition coefficient (Wildman–Crippen LogP) is 1.34. The van der Waals surface area contributed by atoms with E-state index in [-0.39, 0.29) is 42.8 Å². The summed E-state index contributed by atoms with van der Waals surface area (Å²) in [6.07, 6.45) is 2.22. The highest BCUT2D eigenvalue weighted by atomic mass is 35.5. The molecule has 3 N–H and O–H groups in total. The minimum atomic E-state index is -0.395. The van der Waals surface area contributed by atoms with Gasteiger partial charge in [-0.3, -0.25) is 4.79 Å². The number of anilines is 1. The number of nitrogens with zero attached hydrogens (tertiary/aromatic N) is 1. The fourth-order valence-electron chi connectivity index (χ4n) is 3.19. The average molecular weight is 362 g/mol. The summed E-state index contributed by atoms with van der Waals surface area (Å²) in [5.74, 6) is 0.0199. The number of para-hydroxylation sites is 1. The molecule has 0 aliphatic carbocycles. The highest BCUT2D eigenvalue weighted by Gasteiger charge is 2.30. The number of β-amino-alcohol motifs (C(OH)–C–C–N with tert-alkyl or cyclic N) is 1. The minimum absolute atomic E-state index is 0. The zero-order chi connectivity index (χ0) is 14.7. The highest BCUT2D eigenvalue weighted by Crippen LogP contribution is 2.19. The third-order valence-electron chi connectivity index (χ3n) is 4.31. The molecule has 0 saturated carbocycles. The van der Waals surface area contributed by atoms with Gasteiger partial charge < -0.3 is 20.6 Å². The molecule has 0 bridgehead atoms. The van der Waals surface area contributed by atoms with Crippen LogP contribution in [0.25, 0.3) is 0 Å². The molecular formula is C16H25Cl2N3O2. The molecule has 2 saturated heterocycles. The van der Waals surface area contributed by atoms with Crippen LogP contribution in [0.15, 0.2) is 30.3 Å². The number of hydrogen-bond acceptors (Lipinski definition) is 4. The molecule has 3 rings (SSSR count).